The molecule has 17 heavy (non-hydrogen) atoms. The first-order valence-electron chi connectivity index (χ1n) is 5.14. The van der Waals surface area contributed by atoms with E-state index in [1.165, 1.54) is 4.88 Å². The van der Waals surface area contributed by atoms with Gasteiger partial charge in [0, 0.05) is 14.9 Å². The van der Waals surface area contributed by atoms with E-state index in [0.29, 0.717) is 0 Å². The zero-order valence-electron chi connectivity index (χ0n) is 8.99. The average molecular weight is 379 g/mol. The lowest BCUT2D eigenvalue weighted by atomic mass is 10.0. The second-order valence-electron chi connectivity index (χ2n) is 3.68. The van der Waals surface area contributed by atoms with Crippen molar-refractivity contribution in [2.45, 2.75) is 12.5 Å². The molecule has 5 heteroatoms. The van der Waals surface area contributed by atoms with Gasteiger partial charge in [-0.15, -0.1) is 11.3 Å². The molecule has 0 saturated carbocycles. The van der Waals surface area contributed by atoms with Gasteiger partial charge in [0.25, 0.3) is 0 Å². The van der Waals surface area contributed by atoms with Crippen LogP contribution in [0.1, 0.15) is 16.5 Å². The molecule has 0 aliphatic carbocycles. The summed E-state index contributed by atoms with van der Waals surface area (Å²) in [6.45, 7) is 0. The third kappa shape index (κ3) is 3.42. The number of rotatable bonds is 4. The topological polar surface area (TPSA) is 38.0 Å². The minimum absolute atomic E-state index is 0.100. The molecule has 3 N–H and O–H groups in total. The summed E-state index contributed by atoms with van der Waals surface area (Å²) in [6.07, 6.45) is 0.880. The molecular formula is C12H12ClIN2S. The number of benzene rings is 1. The Hall–Kier alpha value is -0.140. The third-order valence-electron chi connectivity index (χ3n) is 2.53. The zero-order chi connectivity index (χ0) is 12.3. The third-order valence-corrected chi connectivity index (χ3v) is 5.00. The zero-order valence-corrected chi connectivity index (χ0v) is 12.7. The van der Waals surface area contributed by atoms with Crippen LogP contribution in [0, 0.1) is 3.57 Å². The van der Waals surface area contributed by atoms with Crippen molar-refractivity contribution >= 4 is 45.5 Å². The van der Waals surface area contributed by atoms with E-state index in [9.17, 15) is 0 Å². The Morgan fingerprint density at radius 2 is 2.24 bits per heavy atom. The lowest BCUT2D eigenvalue weighted by Gasteiger charge is -2.16. The minimum Gasteiger partial charge on any atom is -0.271 e. The predicted molar refractivity (Wildman–Crippen MR) is 82.3 cm³/mol. The molecule has 90 valence electrons. The highest BCUT2D eigenvalue weighted by Crippen LogP contribution is 2.26. The molecule has 0 amide bonds. The van der Waals surface area contributed by atoms with Crippen molar-refractivity contribution in [1.29, 1.82) is 0 Å². The summed E-state index contributed by atoms with van der Waals surface area (Å²) >= 11 is 10.1. The minimum atomic E-state index is 0.100. The van der Waals surface area contributed by atoms with Crippen molar-refractivity contribution in [3.63, 3.8) is 0 Å². The van der Waals surface area contributed by atoms with Crippen LogP contribution in [0.5, 0.6) is 0 Å². The van der Waals surface area contributed by atoms with Gasteiger partial charge in [0.2, 0.25) is 0 Å². The molecule has 1 aromatic carbocycles. The second kappa shape index (κ2) is 6.15. The van der Waals surface area contributed by atoms with Crippen LogP contribution in [0.2, 0.25) is 5.02 Å². The van der Waals surface area contributed by atoms with E-state index in [2.05, 4.69) is 51.6 Å². The van der Waals surface area contributed by atoms with Crippen LogP contribution in [0.15, 0.2) is 35.7 Å². The Kier molecular flexibility index (Phi) is 4.81. The number of thiophene rings is 1. The average Bonchev–Trinajstić information content (AvgIpc) is 2.82. The number of hydrazine groups is 1. The van der Waals surface area contributed by atoms with Crippen LogP contribution in [0.4, 0.5) is 0 Å². The molecule has 0 fully saturated rings. The van der Waals surface area contributed by atoms with E-state index in [4.69, 9.17) is 17.4 Å². The second-order valence-corrected chi connectivity index (χ2v) is 6.28. The molecule has 2 aromatic rings. The fourth-order valence-corrected chi connectivity index (χ4v) is 2.91. The molecule has 0 radical (unpaired) electrons. The fourth-order valence-electron chi connectivity index (χ4n) is 1.63. The van der Waals surface area contributed by atoms with Crippen LogP contribution in [-0.2, 0) is 6.42 Å². The monoisotopic (exact) mass is 378 g/mol. The molecule has 0 spiro atoms. The fraction of sp³-hybridized carbons (Fsp3) is 0.167. The lowest BCUT2D eigenvalue weighted by Crippen LogP contribution is -2.29. The molecule has 1 atom stereocenters. The molecule has 0 aliphatic heterocycles. The molecular weight excluding hydrogens is 367 g/mol. The van der Waals surface area contributed by atoms with Gasteiger partial charge in [-0.1, -0.05) is 23.7 Å². The van der Waals surface area contributed by atoms with E-state index in [1.807, 2.05) is 12.1 Å². The summed E-state index contributed by atoms with van der Waals surface area (Å²) in [7, 11) is 0. The van der Waals surface area contributed by atoms with Gasteiger partial charge in [0.15, 0.2) is 0 Å². The number of halogens is 2. The maximum atomic E-state index is 6.12. The molecule has 0 saturated heterocycles. The number of hydrogen-bond acceptors (Lipinski definition) is 3. The predicted octanol–water partition coefficient (Wildman–Crippen LogP) is 3.75. The van der Waals surface area contributed by atoms with Crippen LogP contribution in [0.25, 0.3) is 0 Å². The van der Waals surface area contributed by atoms with Gasteiger partial charge in [-0.05, 0) is 51.7 Å². The summed E-state index contributed by atoms with van der Waals surface area (Å²) in [5, 5.41) is 2.85. The van der Waals surface area contributed by atoms with Crippen molar-refractivity contribution in [3.05, 3.63) is 54.7 Å². The Bertz CT molecular complexity index is 487. The first kappa shape index (κ1) is 13.3. The molecule has 2 nitrogen and oxygen atoms in total. The number of nitrogens with one attached hydrogen (secondary N) is 1. The van der Waals surface area contributed by atoms with Gasteiger partial charge in [0.05, 0.1) is 11.1 Å². The Morgan fingerprint density at radius 3 is 2.82 bits per heavy atom. The molecule has 2 rings (SSSR count). The standard InChI is InChI=1S/C12H12ClIN2S/c13-10-6-8(3-4-11(10)14)12(16-15)7-9-2-1-5-17-9/h1-6,12,16H,7,15H2. The van der Waals surface area contributed by atoms with Gasteiger partial charge in [-0.2, -0.15) is 0 Å². The number of hydrogen-bond donors (Lipinski definition) is 2. The van der Waals surface area contributed by atoms with Crippen LogP contribution < -0.4 is 11.3 Å². The van der Waals surface area contributed by atoms with Crippen molar-refractivity contribution in [2.75, 3.05) is 0 Å². The summed E-state index contributed by atoms with van der Waals surface area (Å²) in [6, 6.07) is 10.3. The maximum absolute atomic E-state index is 6.12. The SMILES string of the molecule is NNC(Cc1cccs1)c1ccc(I)c(Cl)c1. The van der Waals surface area contributed by atoms with Gasteiger partial charge in [0.1, 0.15) is 0 Å². The number of nitrogens with two attached hydrogens (primary N) is 1. The first-order chi connectivity index (χ1) is 8.20. The smallest absolute Gasteiger partial charge is 0.0542 e. The van der Waals surface area contributed by atoms with E-state index >= 15 is 0 Å². The van der Waals surface area contributed by atoms with Crippen molar-refractivity contribution in [2.24, 2.45) is 5.84 Å². The highest BCUT2D eigenvalue weighted by molar-refractivity contribution is 14.1. The molecule has 1 aromatic heterocycles. The Morgan fingerprint density at radius 1 is 1.41 bits per heavy atom. The largest absolute Gasteiger partial charge is 0.271 e. The molecule has 1 heterocycles. The van der Waals surface area contributed by atoms with E-state index in [-0.39, 0.29) is 6.04 Å². The van der Waals surface area contributed by atoms with Crippen LogP contribution in [-0.4, -0.2) is 0 Å². The van der Waals surface area contributed by atoms with Gasteiger partial charge >= 0.3 is 0 Å². The van der Waals surface area contributed by atoms with Crippen molar-refractivity contribution in [3.8, 4) is 0 Å². The molecule has 0 bridgehead atoms. The van der Waals surface area contributed by atoms with Crippen LogP contribution in [0.3, 0.4) is 0 Å². The summed E-state index contributed by atoms with van der Waals surface area (Å²) < 4.78 is 1.06. The Balaban J connectivity index is 2.20. The summed E-state index contributed by atoms with van der Waals surface area (Å²) in [5.74, 6) is 5.62. The highest BCUT2D eigenvalue weighted by atomic mass is 127. The van der Waals surface area contributed by atoms with E-state index in [0.717, 1.165) is 20.6 Å². The molecule has 0 aliphatic rings. The lowest BCUT2D eigenvalue weighted by molar-refractivity contribution is 0.555. The quantitative estimate of drug-likeness (QED) is 0.483. The molecule has 1 unspecified atom stereocenters. The van der Waals surface area contributed by atoms with Gasteiger partial charge < -0.3 is 0 Å². The van der Waals surface area contributed by atoms with Crippen molar-refractivity contribution in [1.82, 2.24) is 5.43 Å². The van der Waals surface area contributed by atoms with Gasteiger partial charge in [-0.25, -0.2) is 0 Å². The van der Waals surface area contributed by atoms with E-state index in [1.54, 1.807) is 11.3 Å². The normalized spacial score (nSPS) is 12.6. The van der Waals surface area contributed by atoms with Gasteiger partial charge in [-0.3, -0.25) is 11.3 Å². The van der Waals surface area contributed by atoms with Crippen LogP contribution >= 0.6 is 45.5 Å². The van der Waals surface area contributed by atoms with Crippen molar-refractivity contribution < 1.29 is 0 Å². The Labute approximate surface area is 123 Å². The summed E-state index contributed by atoms with van der Waals surface area (Å²) in [4.78, 5) is 1.31. The van der Waals surface area contributed by atoms with E-state index < -0.39 is 0 Å². The maximum Gasteiger partial charge on any atom is 0.0542 e. The summed E-state index contributed by atoms with van der Waals surface area (Å²) in [5.41, 5.74) is 3.97. The first-order valence-corrected chi connectivity index (χ1v) is 7.48. The highest BCUT2D eigenvalue weighted by Gasteiger charge is 2.12.